The van der Waals surface area contributed by atoms with E-state index in [-0.39, 0.29) is 11.3 Å². The molecule has 0 saturated carbocycles. The van der Waals surface area contributed by atoms with Crippen molar-refractivity contribution in [3.05, 3.63) is 81.9 Å². The number of carbonyl (C=O) groups excluding carboxylic acids is 3. The number of nitrogens with zero attached hydrogens (tertiary/aromatic N) is 1. The highest BCUT2D eigenvalue weighted by atomic mass is 16.6. The van der Waals surface area contributed by atoms with Crippen LogP contribution in [0.2, 0.25) is 0 Å². The summed E-state index contributed by atoms with van der Waals surface area (Å²) in [6.45, 7) is 5.45. The molecule has 2 amide bonds. The van der Waals surface area contributed by atoms with Crippen molar-refractivity contribution in [2.75, 3.05) is 12.4 Å². The first kappa shape index (κ1) is 22.4. The van der Waals surface area contributed by atoms with Crippen LogP contribution in [0.1, 0.15) is 27.6 Å². The van der Waals surface area contributed by atoms with Crippen molar-refractivity contribution in [2.24, 2.45) is 0 Å². The molecule has 0 bridgehead atoms. The number of carbonyl (C=O) groups is 3. The Bertz CT molecular complexity index is 954. The van der Waals surface area contributed by atoms with Crippen LogP contribution < -0.4 is 10.6 Å². The molecule has 0 saturated heterocycles. The average Bonchev–Trinajstić information content (AvgIpc) is 2.74. The molecule has 0 aliphatic carbocycles. The van der Waals surface area contributed by atoms with Crippen LogP contribution in [0.4, 0.5) is 11.4 Å². The topological polar surface area (TPSA) is 128 Å². The maximum Gasteiger partial charge on any atom is 0.269 e. The number of non-ortho nitro benzene ring substituents is 1. The van der Waals surface area contributed by atoms with Crippen molar-refractivity contribution in [2.45, 2.75) is 19.1 Å². The number of methoxy groups -OCH3 is 1. The van der Waals surface area contributed by atoms with Crippen LogP contribution in [0.15, 0.2) is 60.7 Å². The Labute approximate surface area is 172 Å². The van der Waals surface area contributed by atoms with Crippen molar-refractivity contribution >= 4 is 29.5 Å². The predicted molar refractivity (Wildman–Crippen MR) is 110 cm³/mol. The normalized spacial score (nSPS) is 12.3. The molecule has 156 valence electrons. The molecule has 0 fully saturated rings. The molecule has 2 aromatic rings. The van der Waals surface area contributed by atoms with Gasteiger partial charge in [0.05, 0.1) is 11.0 Å². The van der Waals surface area contributed by atoms with E-state index in [1.807, 2.05) is 0 Å². The second-order valence-electron chi connectivity index (χ2n) is 6.47. The molecule has 9 heteroatoms. The summed E-state index contributed by atoms with van der Waals surface area (Å²) in [5.41, 5.74) is 1.46. The van der Waals surface area contributed by atoms with E-state index in [0.29, 0.717) is 23.1 Å². The highest BCUT2D eigenvalue weighted by molar-refractivity contribution is 6.04. The molecule has 9 nitrogen and oxygen atoms in total. The van der Waals surface area contributed by atoms with E-state index in [1.54, 1.807) is 19.1 Å². The molecule has 30 heavy (non-hydrogen) atoms. The lowest BCUT2D eigenvalue weighted by molar-refractivity contribution is -0.384. The van der Waals surface area contributed by atoms with Crippen molar-refractivity contribution in [3.63, 3.8) is 0 Å². The largest absolute Gasteiger partial charge is 0.371 e. The Balaban J connectivity index is 2.05. The minimum absolute atomic E-state index is 0.111. The maximum atomic E-state index is 12.5. The first-order valence-corrected chi connectivity index (χ1v) is 8.87. The van der Waals surface area contributed by atoms with Crippen LogP contribution in [0.3, 0.4) is 0 Å². The summed E-state index contributed by atoms with van der Waals surface area (Å²) in [6, 6.07) is 10.6. The van der Waals surface area contributed by atoms with E-state index in [9.17, 15) is 24.5 Å². The van der Waals surface area contributed by atoms with Gasteiger partial charge >= 0.3 is 0 Å². The minimum Gasteiger partial charge on any atom is -0.371 e. The van der Waals surface area contributed by atoms with Crippen LogP contribution >= 0.6 is 0 Å². The van der Waals surface area contributed by atoms with E-state index < -0.39 is 28.9 Å². The summed E-state index contributed by atoms with van der Waals surface area (Å²) in [7, 11) is 1.36. The van der Waals surface area contributed by atoms with Crippen LogP contribution in [0, 0.1) is 10.1 Å². The van der Waals surface area contributed by atoms with E-state index in [1.165, 1.54) is 43.5 Å². The number of benzene rings is 2. The van der Waals surface area contributed by atoms with Crippen LogP contribution in [0.25, 0.3) is 0 Å². The lowest BCUT2D eigenvalue weighted by Gasteiger charge is -2.23. The smallest absolute Gasteiger partial charge is 0.269 e. The van der Waals surface area contributed by atoms with Crippen LogP contribution in [-0.2, 0) is 9.53 Å². The molecule has 0 radical (unpaired) electrons. The van der Waals surface area contributed by atoms with E-state index in [0.717, 1.165) is 0 Å². The summed E-state index contributed by atoms with van der Waals surface area (Å²) in [6.07, 6.45) is -0.261. The lowest BCUT2D eigenvalue weighted by Crippen LogP contribution is -2.45. The molecule has 0 aliphatic heterocycles. The zero-order chi connectivity index (χ0) is 22.3. The quantitative estimate of drug-likeness (QED) is 0.283. The fraction of sp³-hybridized carbons (Fsp3) is 0.190. The molecule has 2 N–H and O–H groups in total. The number of hydrogen-bond donors (Lipinski definition) is 2. The van der Waals surface area contributed by atoms with Gasteiger partial charge in [0.15, 0.2) is 6.29 Å². The Morgan fingerprint density at radius 2 is 1.60 bits per heavy atom. The first-order chi connectivity index (χ1) is 14.3. The molecule has 0 spiro atoms. The summed E-state index contributed by atoms with van der Waals surface area (Å²) in [5, 5.41) is 16.0. The van der Waals surface area contributed by atoms with Crippen molar-refractivity contribution in [1.29, 1.82) is 0 Å². The molecule has 2 aromatic carbocycles. The lowest BCUT2D eigenvalue weighted by atomic mass is 10.0. The predicted octanol–water partition coefficient (Wildman–Crippen LogP) is 2.74. The molecule has 2 rings (SSSR count). The number of nitrogens with one attached hydrogen (secondary N) is 2. The molecule has 0 aliphatic rings. The third-order valence-electron chi connectivity index (χ3n) is 4.30. The van der Waals surface area contributed by atoms with Crippen molar-refractivity contribution in [3.8, 4) is 0 Å². The summed E-state index contributed by atoms with van der Waals surface area (Å²) < 4.78 is 5.06. The van der Waals surface area contributed by atoms with Gasteiger partial charge in [0, 0.05) is 36.1 Å². The number of amides is 2. The fourth-order valence-corrected chi connectivity index (χ4v) is 2.62. The minimum atomic E-state index is -0.855. The second-order valence-corrected chi connectivity index (χ2v) is 6.47. The van der Waals surface area contributed by atoms with E-state index >= 15 is 0 Å². The number of nitro benzene ring substituents is 1. The Kier molecular flexibility index (Phi) is 7.54. The van der Waals surface area contributed by atoms with Gasteiger partial charge in [-0.1, -0.05) is 12.2 Å². The zero-order valence-corrected chi connectivity index (χ0v) is 16.5. The molecular formula is C21H21N3O6. The van der Waals surface area contributed by atoms with Gasteiger partial charge in [-0.05, 0) is 43.3 Å². The van der Waals surface area contributed by atoms with Gasteiger partial charge in [0.25, 0.3) is 17.5 Å². The monoisotopic (exact) mass is 411 g/mol. The highest BCUT2D eigenvalue weighted by Gasteiger charge is 2.24. The number of rotatable bonds is 9. The maximum absolute atomic E-state index is 12.5. The van der Waals surface area contributed by atoms with Gasteiger partial charge in [0.2, 0.25) is 0 Å². The Morgan fingerprint density at radius 3 is 2.07 bits per heavy atom. The zero-order valence-electron chi connectivity index (χ0n) is 16.5. The number of hydrogen-bond acceptors (Lipinski definition) is 6. The second kappa shape index (κ2) is 10.1. The standard InChI is InChI=1S/C21H21N3O6/c1-13(2)19(18(12-25)30-3)23-21(27)14-4-8-16(9-5-14)22-20(26)15-6-10-17(11-7-15)24(28)29/h4-12,18-19H,1H2,2-3H3,(H,22,26)(H,23,27). The number of ether oxygens (including phenoxy) is 1. The summed E-state index contributed by atoms with van der Waals surface area (Å²) in [5.74, 6) is -0.876. The number of nitro groups is 1. The van der Waals surface area contributed by atoms with Crippen molar-refractivity contribution in [1.82, 2.24) is 5.32 Å². The molecular weight excluding hydrogens is 390 g/mol. The SMILES string of the molecule is C=C(C)C(NC(=O)c1ccc(NC(=O)c2ccc([N+](=O)[O-])cc2)cc1)C(C=O)OC. The van der Waals surface area contributed by atoms with E-state index in [2.05, 4.69) is 17.2 Å². The molecule has 0 heterocycles. The molecule has 2 atom stereocenters. The van der Waals surface area contributed by atoms with Gasteiger partial charge in [-0.3, -0.25) is 19.7 Å². The number of aldehydes is 1. The fourth-order valence-electron chi connectivity index (χ4n) is 2.62. The van der Waals surface area contributed by atoms with Gasteiger partial charge in [-0.25, -0.2) is 0 Å². The first-order valence-electron chi connectivity index (χ1n) is 8.87. The van der Waals surface area contributed by atoms with Gasteiger partial charge in [0.1, 0.15) is 6.10 Å². The van der Waals surface area contributed by atoms with E-state index in [4.69, 9.17) is 4.74 Å². The summed E-state index contributed by atoms with van der Waals surface area (Å²) in [4.78, 5) is 46.0. The summed E-state index contributed by atoms with van der Waals surface area (Å²) >= 11 is 0. The van der Waals surface area contributed by atoms with Crippen LogP contribution in [0.5, 0.6) is 0 Å². The molecule has 0 aromatic heterocycles. The van der Waals surface area contributed by atoms with Gasteiger partial charge in [-0.15, -0.1) is 0 Å². The number of anilines is 1. The third-order valence-corrected chi connectivity index (χ3v) is 4.30. The van der Waals surface area contributed by atoms with Crippen LogP contribution in [-0.4, -0.2) is 42.3 Å². The molecule has 2 unspecified atom stereocenters. The average molecular weight is 411 g/mol. The highest BCUT2D eigenvalue weighted by Crippen LogP contribution is 2.15. The van der Waals surface area contributed by atoms with Crippen molar-refractivity contribution < 1.29 is 24.0 Å². The third kappa shape index (κ3) is 5.58. The van der Waals surface area contributed by atoms with Gasteiger partial charge < -0.3 is 20.2 Å². The Morgan fingerprint density at radius 1 is 1.07 bits per heavy atom. The van der Waals surface area contributed by atoms with Gasteiger partial charge in [-0.2, -0.15) is 0 Å². The Hall–Kier alpha value is -3.85.